The van der Waals surface area contributed by atoms with Gasteiger partial charge >= 0.3 is 5.69 Å². The summed E-state index contributed by atoms with van der Waals surface area (Å²) >= 11 is 0. The van der Waals surface area contributed by atoms with Gasteiger partial charge in [0.2, 0.25) is 5.82 Å². The maximum absolute atomic E-state index is 13.5. The zero-order valence-electron chi connectivity index (χ0n) is 10.7. The van der Waals surface area contributed by atoms with Crippen LogP contribution in [0.1, 0.15) is 18.5 Å². The summed E-state index contributed by atoms with van der Waals surface area (Å²) in [6.07, 6.45) is 0. The molecular formula is C14H13FN2O3. The summed E-state index contributed by atoms with van der Waals surface area (Å²) in [5.41, 5.74) is 6.06. The molecule has 0 bridgehead atoms. The van der Waals surface area contributed by atoms with Crippen LogP contribution < -0.4 is 10.5 Å². The highest BCUT2D eigenvalue weighted by molar-refractivity contribution is 5.41. The minimum Gasteiger partial charge on any atom is -0.457 e. The molecule has 2 N–H and O–H groups in total. The minimum absolute atomic E-state index is 0.146. The molecule has 0 amide bonds. The molecule has 6 heteroatoms. The summed E-state index contributed by atoms with van der Waals surface area (Å²) in [4.78, 5) is 9.74. The van der Waals surface area contributed by atoms with Crippen LogP contribution in [0.2, 0.25) is 0 Å². The normalized spacial score (nSPS) is 11.9. The standard InChI is InChI=1S/C14H13FN2O3/c1-9(16)10-3-2-4-11(7-10)20-12-5-6-14(17(18)19)13(15)8-12/h2-9H,16H2,1H3. The van der Waals surface area contributed by atoms with Gasteiger partial charge in [-0.3, -0.25) is 10.1 Å². The molecule has 0 fully saturated rings. The Hall–Kier alpha value is -2.47. The average molecular weight is 276 g/mol. The van der Waals surface area contributed by atoms with Crippen LogP contribution in [0.3, 0.4) is 0 Å². The van der Waals surface area contributed by atoms with Crippen LogP contribution in [0.15, 0.2) is 42.5 Å². The van der Waals surface area contributed by atoms with Crippen LogP contribution in [0.4, 0.5) is 10.1 Å². The van der Waals surface area contributed by atoms with Gasteiger partial charge in [0, 0.05) is 18.2 Å². The maximum Gasteiger partial charge on any atom is 0.305 e. The van der Waals surface area contributed by atoms with E-state index in [4.69, 9.17) is 10.5 Å². The van der Waals surface area contributed by atoms with Gasteiger partial charge in [0.15, 0.2) is 0 Å². The van der Waals surface area contributed by atoms with Crippen molar-refractivity contribution in [2.24, 2.45) is 5.73 Å². The highest BCUT2D eigenvalue weighted by Gasteiger charge is 2.14. The Labute approximate surface area is 114 Å². The third-order valence-electron chi connectivity index (χ3n) is 2.74. The number of hydrogen-bond acceptors (Lipinski definition) is 4. The molecule has 2 rings (SSSR count). The average Bonchev–Trinajstić information content (AvgIpc) is 2.38. The van der Waals surface area contributed by atoms with Crippen molar-refractivity contribution in [3.05, 3.63) is 64.0 Å². The van der Waals surface area contributed by atoms with Gasteiger partial charge in [-0.2, -0.15) is 4.39 Å². The second-order valence-corrected chi connectivity index (χ2v) is 4.33. The van der Waals surface area contributed by atoms with Gasteiger partial charge in [-0.1, -0.05) is 12.1 Å². The smallest absolute Gasteiger partial charge is 0.305 e. The lowest BCUT2D eigenvalue weighted by Crippen LogP contribution is -2.04. The predicted molar refractivity (Wildman–Crippen MR) is 72.2 cm³/mol. The van der Waals surface area contributed by atoms with Crippen LogP contribution in [0.5, 0.6) is 11.5 Å². The third kappa shape index (κ3) is 3.10. The number of hydrogen-bond donors (Lipinski definition) is 1. The molecule has 0 aromatic heterocycles. The lowest BCUT2D eigenvalue weighted by Gasteiger charge is -2.09. The molecule has 104 valence electrons. The zero-order chi connectivity index (χ0) is 14.7. The van der Waals surface area contributed by atoms with E-state index in [2.05, 4.69) is 0 Å². The Kier molecular flexibility index (Phi) is 3.95. The molecule has 2 aromatic carbocycles. The Bertz CT molecular complexity index is 644. The number of nitro groups is 1. The summed E-state index contributed by atoms with van der Waals surface area (Å²) in [6.45, 7) is 1.84. The first-order valence-electron chi connectivity index (χ1n) is 5.94. The van der Waals surface area contributed by atoms with Crippen molar-refractivity contribution in [1.82, 2.24) is 0 Å². The van der Waals surface area contributed by atoms with Crippen LogP contribution in [-0.2, 0) is 0 Å². The SMILES string of the molecule is CC(N)c1cccc(Oc2ccc([N+](=O)[O-])c(F)c2)c1. The first-order chi connectivity index (χ1) is 9.47. The molecule has 5 nitrogen and oxygen atoms in total. The number of rotatable bonds is 4. The summed E-state index contributed by atoms with van der Waals surface area (Å²) in [5.74, 6) is -0.251. The molecule has 0 aliphatic heterocycles. The van der Waals surface area contributed by atoms with Gasteiger partial charge in [0.25, 0.3) is 0 Å². The first kappa shape index (κ1) is 14.0. The second-order valence-electron chi connectivity index (χ2n) is 4.33. The molecule has 0 heterocycles. The van der Waals surface area contributed by atoms with Crippen molar-refractivity contribution in [2.45, 2.75) is 13.0 Å². The van der Waals surface area contributed by atoms with E-state index < -0.39 is 16.4 Å². The summed E-state index contributed by atoms with van der Waals surface area (Å²) in [5, 5.41) is 10.5. The molecule has 0 saturated heterocycles. The molecule has 1 unspecified atom stereocenters. The zero-order valence-corrected chi connectivity index (χ0v) is 10.7. The van der Waals surface area contributed by atoms with E-state index in [1.165, 1.54) is 6.07 Å². The fraction of sp³-hybridized carbons (Fsp3) is 0.143. The van der Waals surface area contributed by atoms with Crippen molar-refractivity contribution in [2.75, 3.05) is 0 Å². The van der Waals surface area contributed by atoms with E-state index in [-0.39, 0.29) is 11.8 Å². The van der Waals surface area contributed by atoms with Crippen molar-refractivity contribution >= 4 is 5.69 Å². The highest BCUT2D eigenvalue weighted by atomic mass is 19.1. The van der Waals surface area contributed by atoms with Crippen molar-refractivity contribution in [3.8, 4) is 11.5 Å². The monoisotopic (exact) mass is 276 g/mol. The van der Waals surface area contributed by atoms with Crippen LogP contribution in [0.25, 0.3) is 0 Å². The van der Waals surface area contributed by atoms with Gasteiger partial charge in [0.1, 0.15) is 11.5 Å². The van der Waals surface area contributed by atoms with Gasteiger partial charge in [-0.15, -0.1) is 0 Å². The van der Waals surface area contributed by atoms with Crippen LogP contribution in [0, 0.1) is 15.9 Å². The van der Waals surface area contributed by atoms with E-state index in [9.17, 15) is 14.5 Å². The third-order valence-corrected chi connectivity index (χ3v) is 2.74. The molecule has 1 atom stereocenters. The maximum atomic E-state index is 13.5. The van der Waals surface area contributed by atoms with Crippen molar-refractivity contribution in [1.29, 1.82) is 0 Å². The Morgan fingerprint density at radius 1 is 1.25 bits per heavy atom. The van der Waals surface area contributed by atoms with Crippen molar-refractivity contribution < 1.29 is 14.1 Å². The number of ether oxygens (including phenoxy) is 1. The molecule has 0 aliphatic carbocycles. The van der Waals surface area contributed by atoms with E-state index >= 15 is 0 Å². The van der Waals surface area contributed by atoms with Crippen LogP contribution in [-0.4, -0.2) is 4.92 Å². The fourth-order valence-corrected chi connectivity index (χ4v) is 1.70. The lowest BCUT2D eigenvalue weighted by atomic mass is 10.1. The number of halogens is 1. The Morgan fingerprint density at radius 2 is 1.95 bits per heavy atom. The number of nitro benzene ring substituents is 1. The number of nitrogens with zero attached hydrogens (tertiary/aromatic N) is 1. The Balaban J connectivity index is 2.24. The second kappa shape index (κ2) is 5.66. The summed E-state index contributed by atoms with van der Waals surface area (Å²) in [6, 6.07) is 10.3. The van der Waals surface area contributed by atoms with Crippen LogP contribution >= 0.6 is 0 Å². The summed E-state index contributed by atoms with van der Waals surface area (Å²) < 4.78 is 18.9. The minimum atomic E-state index is -0.934. The molecule has 0 aliphatic rings. The molecule has 0 radical (unpaired) electrons. The van der Waals surface area contributed by atoms with E-state index in [1.807, 2.05) is 13.0 Å². The first-order valence-corrected chi connectivity index (χ1v) is 5.94. The summed E-state index contributed by atoms with van der Waals surface area (Å²) in [7, 11) is 0. The van der Waals surface area contributed by atoms with Gasteiger partial charge in [-0.25, -0.2) is 0 Å². The quantitative estimate of drug-likeness (QED) is 0.684. The molecule has 0 spiro atoms. The van der Waals surface area contributed by atoms with E-state index in [0.717, 1.165) is 17.7 Å². The lowest BCUT2D eigenvalue weighted by molar-refractivity contribution is -0.387. The van der Waals surface area contributed by atoms with E-state index in [1.54, 1.807) is 18.2 Å². The highest BCUT2D eigenvalue weighted by Crippen LogP contribution is 2.27. The van der Waals surface area contributed by atoms with Gasteiger partial charge in [0.05, 0.1) is 4.92 Å². The molecule has 20 heavy (non-hydrogen) atoms. The van der Waals surface area contributed by atoms with Crippen molar-refractivity contribution in [3.63, 3.8) is 0 Å². The number of benzene rings is 2. The van der Waals surface area contributed by atoms with E-state index in [0.29, 0.717) is 5.75 Å². The van der Waals surface area contributed by atoms with Gasteiger partial charge in [-0.05, 0) is 30.7 Å². The number of nitrogens with two attached hydrogens (primary N) is 1. The predicted octanol–water partition coefficient (Wildman–Crippen LogP) is 3.55. The molecule has 0 saturated carbocycles. The fourth-order valence-electron chi connectivity index (χ4n) is 1.70. The largest absolute Gasteiger partial charge is 0.457 e. The molecular weight excluding hydrogens is 263 g/mol. The van der Waals surface area contributed by atoms with Gasteiger partial charge < -0.3 is 10.5 Å². The Morgan fingerprint density at radius 3 is 2.55 bits per heavy atom. The molecule has 2 aromatic rings. The topological polar surface area (TPSA) is 78.4 Å².